The summed E-state index contributed by atoms with van der Waals surface area (Å²) in [6, 6.07) is 16.4. The summed E-state index contributed by atoms with van der Waals surface area (Å²) >= 11 is 2.15. The average Bonchev–Trinajstić information content (AvgIpc) is 3.10. The lowest BCUT2D eigenvalue weighted by Crippen LogP contribution is -2.58. The van der Waals surface area contributed by atoms with Crippen LogP contribution in [-0.2, 0) is 36.8 Å². The topological polar surface area (TPSA) is 288 Å². The first-order valence-corrected chi connectivity index (χ1v) is 18.1. The summed E-state index contributed by atoms with van der Waals surface area (Å²) in [7, 11) is 0. The van der Waals surface area contributed by atoms with Gasteiger partial charge < -0.3 is 49.9 Å². The van der Waals surface area contributed by atoms with E-state index in [1.54, 1.807) is 0 Å². The van der Waals surface area contributed by atoms with Gasteiger partial charge in [0.2, 0.25) is 29.5 Å². The van der Waals surface area contributed by atoms with Crippen molar-refractivity contribution in [2.75, 3.05) is 13.1 Å². The van der Waals surface area contributed by atoms with Crippen LogP contribution in [0.15, 0.2) is 76.7 Å². The standard InChI is InChI=1S/C36H48IN11O5/c1-21(49)45-29(20-23-10-13-24-6-2-3-7-25(24)18-23)33(52)47-28(9-5-17-44-36(41)42)32(51)48-30(19-22-11-14-26(37)15-12-22)34(53)46-27(31(38)50)8-4-16-43-35(39)40/h2-3,6-7,10-15,18,27-30H,4-5,8-9,16-17,19-20H2,1H3,(H2,38,50)(H,45,49)(H,46,53)(H,47,52)(H,48,51)(H4,39,40,43)(H4,41,42,44)/t27-,28-,29+,30+/m0/s1. The van der Waals surface area contributed by atoms with Gasteiger partial charge in [-0.05, 0) is 82.3 Å². The van der Waals surface area contributed by atoms with E-state index in [1.807, 2.05) is 66.7 Å². The number of hydrogen-bond donors (Lipinski definition) is 9. The predicted octanol–water partition coefficient (Wildman–Crippen LogP) is -0.219. The van der Waals surface area contributed by atoms with E-state index in [1.165, 1.54) is 6.92 Å². The maximum atomic E-state index is 14.0. The second-order valence-electron chi connectivity index (χ2n) is 12.5. The van der Waals surface area contributed by atoms with Gasteiger partial charge >= 0.3 is 0 Å². The van der Waals surface area contributed by atoms with Crippen LogP contribution < -0.4 is 49.9 Å². The van der Waals surface area contributed by atoms with Crippen LogP contribution in [0.25, 0.3) is 10.8 Å². The van der Waals surface area contributed by atoms with Crippen molar-refractivity contribution in [3.05, 3.63) is 81.4 Å². The second kappa shape index (κ2) is 21.2. The van der Waals surface area contributed by atoms with Gasteiger partial charge in [-0.2, -0.15) is 0 Å². The van der Waals surface area contributed by atoms with Gasteiger partial charge in [-0.1, -0.05) is 54.6 Å². The van der Waals surface area contributed by atoms with Crippen LogP contribution in [0.3, 0.4) is 0 Å². The Labute approximate surface area is 321 Å². The van der Waals surface area contributed by atoms with Gasteiger partial charge in [-0.25, -0.2) is 0 Å². The Morgan fingerprint density at radius 1 is 0.604 bits per heavy atom. The molecule has 0 heterocycles. The molecule has 0 saturated carbocycles. The molecule has 0 aliphatic carbocycles. The van der Waals surface area contributed by atoms with E-state index in [4.69, 9.17) is 28.7 Å². The smallest absolute Gasteiger partial charge is 0.243 e. The number of primary amides is 1. The van der Waals surface area contributed by atoms with Crippen molar-refractivity contribution in [3.8, 4) is 0 Å². The Hall–Kier alpha value is -5.46. The van der Waals surface area contributed by atoms with Crippen molar-refractivity contribution in [1.29, 1.82) is 0 Å². The number of carbonyl (C=O) groups is 5. The minimum atomic E-state index is -1.18. The number of carbonyl (C=O) groups excluding carboxylic acids is 5. The lowest BCUT2D eigenvalue weighted by atomic mass is 10.00. The van der Waals surface area contributed by atoms with Crippen LogP contribution in [0.1, 0.15) is 43.7 Å². The van der Waals surface area contributed by atoms with Crippen LogP contribution in [0, 0.1) is 3.57 Å². The molecule has 0 radical (unpaired) electrons. The van der Waals surface area contributed by atoms with Crippen LogP contribution in [-0.4, -0.2) is 78.7 Å². The molecule has 4 atom stereocenters. The number of aliphatic imine (C=N–C) groups is 2. The number of benzene rings is 3. The lowest BCUT2D eigenvalue weighted by molar-refractivity contribution is -0.134. The number of nitrogens with two attached hydrogens (primary N) is 5. The Balaban J connectivity index is 1.86. The molecule has 0 aliphatic heterocycles. The van der Waals surface area contributed by atoms with E-state index < -0.39 is 53.7 Å². The molecule has 284 valence electrons. The first kappa shape index (κ1) is 42.0. The molecule has 0 fully saturated rings. The largest absolute Gasteiger partial charge is 0.370 e. The van der Waals surface area contributed by atoms with Gasteiger partial charge in [0.05, 0.1) is 0 Å². The van der Waals surface area contributed by atoms with Crippen molar-refractivity contribution in [2.24, 2.45) is 38.7 Å². The van der Waals surface area contributed by atoms with Gasteiger partial charge in [0, 0.05) is 36.4 Å². The van der Waals surface area contributed by atoms with E-state index in [2.05, 4.69) is 53.8 Å². The van der Waals surface area contributed by atoms with E-state index in [9.17, 15) is 24.0 Å². The summed E-state index contributed by atoms with van der Waals surface area (Å²) < 4.78 is 0.965. The fraction of sp³-hybridized carbons (Fsp3) is 0.361. The van der Waals surface area contributed by atoms with Crippen molar-refractivity contribution in [2.45, 2.75) is 69.6 Å². The number of hydrogen-bond acceptors (Lipinski definition) is 7. The third kappa shape index (κ3) is 15.0. The fourth-order valence-corrected chi connectivity index (χ4v) is 5.86. The van der Waals surface area contributed by atoms with Crippen molar-refractivity contribution < 1.29 is 24.0 Å². The second-order valence-corrected chi connectivity index (χ2v) is 13.7. The zero-order valence-electron chi connectivity index (χ0n) is 29.5. The Morgan fingerprint density at radius 2 is 1.08 bits per heavy atom. The molecular formula is C36H48IN11O5. The molecule has 3 aromatic rings. The summed E-state index contributed by atoms with van der Waals surface area (Å²) in [5.41, 5.74) is 28.8. The van der Waals surface area contributed by atoms with E-state index in [0.717, 1.165) is 25.5 Å². The van der Waals surface area contributed by atoms with Crippen LogP contribution in [0.5, 0.6) is 0 Å². The molecular weight excluding hydrogens is 793 g/mol. The summed E-state index contributed by atoms with van der Waals surface area (Å²) in [6.07, 6.45) is 1.07. The number of fused-ring (bicyclic) bond motifs is 1. The number of halogens is 1. The van der Waals surface area contributed by atoms with Crippen molar-refractivity contribution in [1.82, 2.24) is 21.3 Å². The highest BCUT2D eigenvalue weighted by Gasteiger charge is 2.31. The van der Waals surface area contributed by atoms with Gasteiger partial charge in [-0.3, -0.25) is 34.0 Å². The van der Waals surface area contributed by atoms with Gasteiger partial charge in [-0.15, -0.1) is 0 Å². The summed E-state index contributed by atoms with van der Waals surface area (Å²) in [5.74, 6) is -3.40. The highest BCUT2D eigenvalue weighted by Crippen LogP contribution is 2.17. The highest BCUT2D eigenvalue weighted by molar-refractivity contribution is 14.1. The fourth-order valence-electron chi connectivity index (χ4n) is 5.50. The molecule has 0 saturated heterocycles. The van der Waals surface area contributed by atoms with Crippen LogP contribution >= 0.6 is 22.6 Å². The Kier molecular flexibility index (Phi) is 16.7. The molecule has 53 heavy (non-hydrogen) atoms. The van der Waals surface area contributed by atoms with Gasteiger partial charge in [0.25, 0.3) is 0 Å². The number of rotatable bonds is 20. The third-order valence-corrected chi connectivity index (χ3v) is 8.84. The number of amides is 5. The normalized spacial score (nSPS) is 13.0. The molecule has 0 bridgehead atoms. The monoisotopic (exact) mass is 841 g/mol. The lowest BCUT2D eigenvalue weighted by Gasteiger charge is -2.26. The summed E-state index contributed by atoms with van der Waals surface area (Å²) in [6.45, 7) is 1.68. The predicted molar refractivity (Wildman–Crippen MR) is 213 cm³/mol. The molecule has 5 amide bonds. The molecule has 0 aromatic heterocycles. The van der Waals surface area contributed by atoms with Crippen LogP contribution in [0.4, 0.5) is 0 Å². The van der Waals surface area contributed by atoms with E-state index >= 15 is 0 Å². The average molecular weight is 842 g/mol. The molecule has 17 heteroatoms. The zero-order valence-corrected chi connectivity index (χ0v) is 31.7. The Morgan fingerprint density at radius 3 is 1.64 bits per heavy atom. The first-order valence-electron chi connectivity index (χ1n) is 17.0. The summed E-state index contributed by atoms with van der Waals surface area (Å²) in [5, 5.41) is 12.9. The number of nitrogens with zero attached hydrogens (tertiary/aromatic N) is 2. The summed E-state index contributed by atoms with van der Waals surface area (Å²) in [4.78, 5) is 73.9. The quantitative estimate of drug-likeness (QED) is 0.0314. The molecule has 3 aromatic carbocycles. The van der Waals surface area contributed by atoms with Crippen molar-refractivity contribution in [3.63, 3.8) is 0 Å². The SMILES string of the molecule is CC(=O)N[C@H](Cc1ccc2ccccc2c1)C(=O)N[C@@H](CCCN=C(N)N)C(=O)N[C@H](Cc1ccc(I)cc1)C(=O)N[C@@H](CCCN=C(N)N)C(N)=O. The van der Waals surface area contributed by atoms with E-state index in [0.29, 0.717) is 12.8 Å². The minimum Gasteiger partial charge on any atom is -0.370 e. The molecule has 0 aliphatic rings. The first-order chi connectivity index (χ1) is 25.2. The van der Waals surface area contributed by atoms with E-state index in [-0.39, 0.29) is 50.7 Å². The molecule has 3 rings (SSSR count). The maximum absolute atomic E-state index is 14.0. The minimum absolute atomic E-state index is 0.0547. The number of nitrogens with one attached hydrogen (secondary N) is 4. The zero-order chi connectivity index (χ0) is 38.9. The van der Waals surface area contributed by atoms with Gasteiger partial charge in [0.15, 0.2) is 11.9 Å². The van der Waals surface area contributed by atoms with Crippen molar-refractivity contribution >= 4 is 74.8 Å². The third-order valence-electron chi connectivity index (χ3n) is 8.12. The highest BCUT2D eigenvalue weighted by atomic mass is 127. The Bertz CT molecular complexity index is 1790. The molecule has 0 unspecified atom stereocenters. The molecule has 14 N–H and O–H groups in total. The van der Waals surface area contributed by atoms with Gasteiger partial charge in [0.1, 0.15) is 24.2 Å². The number of guanidine groups is 2. The molecule has 16 nitrogen and oxygen atoms in total. The maximum Gasteiger partial charge on any atom is 0.243 e. The van der Waals surface area contributed by atoms with Crippen LogP contribution in [0.2, 0.25) is 0 Å². The molecule has 0 spiro atoms.